The van der Waals surface area contributed by atoms with Crippen molar-refractivity contribution in [3.05, 3.63) is 17.5 Å². The topological polar surface area (TPSA) is 31.9 Å². The van der Waals surface area contributed by atoms with Crippen molar-refractivity contribution >= 4 is 0 Å². The number of nitrogens with one attached hydrogen (secondary N) is 1. The zero-order valence-electron chi connectivity index (χ0n) is 7.39. The van der Waals surface area contributed by atoms with Gasteiger partial charge in [0.15, 0.2) is 0 Å². The highest BCUT2D eigenvalue weighted by Crippen LogP contribution is 2.00. The van der Waals surface area contributed by atoms with Gasteiger partial charge in [0.05, 0.1) is 5.69 Å². The van der Waals surface area contributed by atoms with Gasteiger partial charge in [-0.1, -0.05) is 6.92 Å². The number of aromatic nitrogens is 2. The van der Waals surface area contributed by atoms with Crippen molar-refractivity contribution in [3.63, 3.8) is 0 Å². The van der Waals surface area contributed by atoms with Crippen LogP contribution in [0.1, 0.15) is 18.3 Å². The van der Waals surface area contributed by atoms with Crippen molar-refractivity contribution in [1.29, 1.82) is 0 Å². The Morgan fingerprint density at radius 3 is 2.82 bits per heavy atom. The Morgan fingerprint density at radius 2 is 2.36 bits per heavy atom. The summed E-state index contributed by atoms with van der Waals surface area (Å²) >= 11 is 0. The van der Waals surface area contributed by atoms with E-state index in [1.807, 2.05) is 6.92 Å². The Kier molecular flexibility index (Phi) is 2.65. The van der Waals surface area contributed by atoms with E-state index in [4.69, 9.17) is 0 Å². The summed E-state index contributed by atoms with van der Waals surface area (Å²) in [5, 5.41) is 7.06. The number of hydrogen-bond acceptors (Lipinski definition) is 2. The first-order chi connectivity index (χ1) is 5.22. The maximum atomic E-state index is 4.14. The van der Waals surface area contributed by atoms with E-state index in [0.717, 1.165) is 24.5 Å². The lowest BCUT2D eigenvalue weighted by atomic mass is 10.3. The van der Waals surface area contributed by atoms with Crippen LogP contribution < -0.4 is 0 Å². The van der Waals surface area contributed by atoms with Crippen molar-refractivity contribution in [2.45, 2.75) is 20.4 Å². The Morgan fingerprint density at radius 1 is 1.64 bits per heavy atom. The molecule has 0 saturated heterocycles. The van der Waals surface area contributed by atoms with E-state index in [0.29, 0.717) is 0 Å². The van der Waals surface area contributed by atoms with Gasteiger partial charge in [0, 0.05) is 12.2 Å². The molecule has 62 valence electrons. The molecule has 1 rings (SSSR count). The summed E-state index contributed by atoms with van der Waals surface area (Å²) in [4.78, 5) is 2.22. The van der Waals surface area contributed by atoms with E-state index >= 15 is 0 Å². The van der Waals surface area contributed by atoms with Gasteiger partial charge in [0.25, 0.3) is 0 Å². The molecule has 0 unspecified atom stereocenters. The van der Waals surface area contributed by atoms with Crippen molar-refractivity contribution in [3.8, 4) is 0 Å². The average Bonchev–Trinajstić information content (AvgIpc) is 2.35. The summed E-state index contributed by atoms with van der Waals surface area (Å²) in [7, 11) is 2.09. The van der Waals surface area contributed by atoms with Crippen LogP contribution in [-0.4, -0.2) is 28.7 Å². The van der Waals surface area contributed by atoms with Crippen LogP contribution in [0.15, 0.2) is 6.07 Å². The summed E-state index contributed by atoms with van der Waals surface area (Å²) in [6.07, 6.45) is 0. The van der Waals surface area contributed by atoms with Crippen LogP contribution in [-0.2, 0) is 6.54 Å². The predicted molar refractivity (Wildman–Crippen MR) is 45.3 cm³/mol. The molecule has 11 heavy (non-hydrogen) atoms. The van der Waals surface area contributed by atoms with Crippen LogP contribution in [0.25, 0.3) is 0 Å². The molecule has 0 aliphatic heterocycles. The first-order valence-electron chi connectivity index (χ1n) is 3.91. The Balaban J connectivity index is 2.50. The molecule has 0 aliphatic rings. The van der Waals surface area contributed by atoms with Crippen molar-refractivity contribution in [2.75, 3.05) is 13.6 Å². The molecule has 0 aliphatic carbocycles. The van der Waals surface area contributed by atoms with Crippen LogP contribution in [0.5, 0.6) is 0 Å². The average molecular weight is 153 g/mol. The Labute approximate surface area is 67.4 Å². The number of aryl methyl sites for hydroxylation is 1. The number of H-pyrrole nitrogens is 1. The molecule has 3 heteroatoms. The minimum atomic E-state index is 0.931. The maximum absolute atomic E-state index is 4.14. The van der Waals surface area contributed by atoms with Gasteiger partial charge in [-0.05, 0) is 26.6 Å². The lowest BCUT2D eigenvalue weighted by molar-refractivity contribution is 0.341. The second kappa shape index (κ2) is 3.53. The van der Waals surface area contributed by atoms with Gasteiger partial charge in [-0.2, -0.15) is 5.10 Å². The molecule has 0 bridgehead atoms. The molecule has 0 spiro atoms. The fourth-order valence-electron chi connectivity index (χ4n) is 0.944. The van der Waals surface area contributed by atoms with Gasteiger partial charge >= 0.3 is 0 Å². The normalized spacial score (nSPS) is 10.9. The van der Waals surface area contributed by atoms with Gasteiger partial charge in [0.2, 0.25) is 0 Å². The summed E-state index contributed by atoms with van der Waals surface area (Å²) < 4.78 is 0. The zero-order valence-corrected chi connectivity index (χ0v) is 7.39. The summed E-state index contributed by atoms with van der Waals surface area (Å²) in [6.45, 7) is 6.15. The van der Waals surface area contributed by atoms with E-state index in [9.17, 15) is 0 Å². The molecule has 0 radical (unpaired) electrons. The molecular formula is C8H15N3. The molecule has 1 heterocycles. The summed E-state index contributed by atoms with van der Waals surface area (Å²) in [5.74, 6) is 0. The van der Waals surface area contributed by atoms with Crippen LogP contribution in [0.4, 0.5) is 0 Å². The highest BCUT2D eigenvalue weighted by Gasteiger charge is 1.99. The molecule has 1 aromatic rings. The molecule has 0 atom stereocenters. The number of hydrogen-bond donors (Lipinski definition) is 1. The van der Waals surface area contributed by atoms with Crippen molar-refractivity contribution in [2.24, 2.45) is 0 Å². The van der Waals surface area contributed by atoms with Crippen LogP contribution in [0, 0.1) is 6.92 Å². The van der Waals surface area contributed by atoms with E-state index in [-0.39, 0.29) is 0 Å². The van der Waals surface area contributed by atoms with Gasteiger partial charge in [0.1, 0.15) is 0 Å². The van der Waals surface area contributed by atoms with Gasteiger partial charge < -0.3 is 4.90 Å². The molecule has 0 aromatic carbocycles. The predicted octanol–water partition coefficient (Wildman–Crippen LogP) is 1.17. The first-order valence-corrected chi connectivity index (χ1v) is 3.91. The highest BCUT2D eigenvalue weighted by molar-refractivity contribution is 5.06. The van der Waals surface area contributed by atoms with E-state index < -0.39 is 0 Å². The maximum Gasteiger partial charge on any atom is 0.0764 e. The molecule has 3 nitrogen and oxygen atoms in total. The van der Waals surface area contributed by atoms with Gasteiger partial charge in [-0.25, -0.2) is 0 Å². The largest absolute Gasteiger partial charge is 0.301 e. The minimum absolute atomic E-state index is 0.931. The molecular weight excluding hydrogens is 138 g/mol. The molecule has 0 amide bonds. The van der Waals surface area contributed by atoms with Gasteiger partial charge in [-0.15, -0.1) is 0 Å². The SMILES string of the molecule is CCN(C)Cc1cc(C)[nH]n1. The van der Waals surface area contributed by atoms with Crippen LogP contribution in [0.2, 0.25) is 0 Å². The minimum Gasteiger partial charge on any atom is -0.301 e. The fraction of sp³-hybridized carbons (Fsp3) is 0.625. The van der Waals surface area contributed by atoms with Crippen molar-refractivity contribution in [1.82, 2.24) is 15.1 Å². The number of rotatable bonds is 3. The lowest BCUT2D eigenvalue weighted by Crippen LogP contribution is -2.16. The first kappa shape index (κ1) is 8.27. The molecule has 0 saturated carbocycles. The lowest BCUT2D eigenvalue weighted by Gasteiger charge is -2.10. The third kappa shape index (κ3) is 2.35. The highest BCUT2D eigenvalue weighted by atomic mass is 15.2. The quantitative estimate of drug-likeness (QED) is 0.707. The van der Waals surface area contributed by atoms with Crippen LogP contribution >= 0.6 is 0 Å². The number of nitrogens with zero attached hydrogens (tertiary/aromatic N) is 2. The van der Waals surface area contributed by atoms with E-state index in [2.05, 4.69) is 35.1 Å². The monoisotopic (exact) mass is 153 g/mol. The van der Waals surface area contributed by atoms with Crippen molar-refractivity contribution < 1.29 is 0 Å². The Hall–Kier alpha value is -0.830. The van der Waals surface area contributed by atoms with E-state index in [1.54, 1.807) is 0 Å². The van der Waals surface area contributed by atoms with Gasteiger partial charge in [-0.3, -0.25) is 5.10 Å². The number of aromatic amines is 1. The summed E-state index contributed by atoms with van der Waals surface area (Å²) in [5.41, 5.74) is 2.25. The third-order valence-corrected chi connectivity index (χ3v) is 1.73. The Bertz CT molecular complexity index is 217. The molecule has 1 N–H and O–H groups in total. The third-order valence-electron chi connectivity index (χ3n) is 1.73. The zero-order chi connectivity index (χ0) is 8.27. The second-order valence-corrected chi connectivity index (χ2v) is 2.87. The van der Waals surface area contributed by atoms with E-state index in [1.165, 1.54) is 0 Å². The second-order valence-electron chi connectivity index (χ2n) is 2.87. The van der Waals surface area contributed by atoms with Crippen LogP contribution in [0.3, 0.4) is 0 Å². The molecule has 1 aromatic heterocycles. The standard InChI is InChI=1S/C8H15N3/c1-4-11(3)6-8-5-7(2)9-10-8/h5H,4,6H2,1-3H3,(H,9,10). The summed E-state index contributed by atoms with van der Waals surface area (Å²) in [6, 6.07) is 2.08. The molecule has 0 fully saturated rings. The smallest absolute Gasteiger partial charge is 0.0764 e. The fourth-order valence-corrected chi connectivity index (χ4v) is 0.944.